The number of thioether (sulfide) groups is 1. The maximum Gasteiger partial charge on any atom is 0.240 e. The first kappa shape index (κ1) is 22.8. The summed E-state index contributed by atoms with van der Waals surface area (Å²) in [5.74, 6) is 0.951. The Kier molecular flexibility index (Phi) is 7.18. The number of hydrogen-bond acceptors (Lipinski definition) is 5. The van der Waals surface area contributed by atoms with Gasteiger partial charge in [-0.3, -0.25) is 14.3 Å². The van der Waals surface area contributed by atoms with Gasteiger partial charge >= 0.3 is 0 Å². The van der Waals surface area contributed by atoms with Crippen LogP contribution in [0.3, 0.4) is 0 Å². The van der Waals surface area contributed by atoms with Crippen LogP contribution in [0, 0.1) is 0 Å². The number of benzene rings is 2. The number of hydrogen-bond donors (Lipinski definition) is 0. The van der Waals surface area contributed by atoms with Crippen molar-refractivity contribution >= 4 is 29.3 Å². The summed E-state index contributed by atoms with van der Waals surface area (Å²) < 4.78 is 2.04. The van der Waals surface area contributed by atoms with Gasteiger partial charge in [-0.15, -0.1) is 10.2 Å². The number of nitrogens with zero attached hydrogens (tertiary/aromatic N) is 5. The minimum Gasteiger partial charge on any atom is -0.341 e. The monoisotopic (exact) mass is 469 g/mol. The number of carbonyl (C=O) groups is 1. The van der Waals surface area contributed by atoms with Gasteiger partial charge in [-0.25, -0.2) is 0 Å². The molecule has 2 aromatic carbocycles. The van der Waals surface area contributed by atoms with E-state index in [0.29, 0.717) is 10.2 Å². The third kappa shape index (κ3) is 4.85. The molecule has 32 heavy (non-hydrogen) atoms. The zero-order chi connectivity index (χ0) is 22.7. The molecule has 1 amide bonds. The van der Waals surface area contributed by atoms with Crippen molar-refractivity contribution in [2.75, 3.05) is 27.2 Å². The highest BCUT2D eigenvalue weighted by molar-refractivity contribution is 8.00. The number of amides is 1. The standard InChI is InChI=1S/C24H28ClN5OS/c1-17(28(2)3)22-26-27-24(30(22)20-13-11-19(25)12-14-20)32-21(18-9-5-4-6-10-18)23(31)29-15-7-8-16-29/h4-6,9-14,17,21H,7-8,15-16H2,1-3H3. The second-order valence-corrected chi connectivity index (χ2v) is 9.74. The Labute approximate surface area is 198 Å². The van der Waals surface area contributed by atoms with Gasteiger partial charge in [0.2, 0.25) is 5.91 Å². The largest absolute Gasteiger partial charge is 0.341 e. The van der Waals surface area contributed by atoms with Crippen molar-refractivity contribution in [2.24, 2.45) is 0 Å². The molecule has 2 unspecified atom stereocenters. The van der Waals surface area contributed by atoms with Gasteiger partial charge in [0.25, 0.3) is 0 Å². The summed E-state index contributed by atoms with van der Waals surface area (Å²) in [5, 5.41) is 10.1. The van der Waals surface area contributed by atoms with Gasteiger partial charge in [0, 0.05) is 23.8 Å². The summed E-state index contributed by atoms with van der Waals surface area (Å²) >= 11 is 7.60. The van der Waals surface area contributed by atoms with E-state index < -0.39 is 0 Å². The quantitative estimate of drug-likeness (QED) is 0.456. The van der Waals surface area contributed by atoms with Crippen LogP contribution in [-0.4, -0.2) is 57.7 Å². The first-order valence-electron chi connectivity index (χ1n) is 10.8. The van der Waals surface area contributed by atoms with E-state index >= 15 is 0 Å². The topological polar surface area (TPSA) is 54.3 Å². The lowest BCUT2D eigenvalue weighted by atomic mass is 10.1. The highest BCUT2D eigenvalue weighted by Gasteiger charge is 2.31. The fraction of sp³-hybridized carbons (Fsp3) is 0.375. The van der Waals surface area contributed by atoms with Crippen LogP contribution in [0.15, 0.2) is 59.8 Å². The number of likely N-dealkylation sites (tertiary alicyclic amines) is 1. The van der Waals surface area contributed by atoms with Gasteiger partial charge < -0.3 is 4.90 Å². The first-order valence-corrected chi connectivity index (χ1v) is 12.1. The third-order valence-corrected chi connectivity index (χ3v) is 7.30. The van der Waals surface area contributed by atoms with Crippen LogP contribution in [0.1, 0.15) is 42.4 Å². The van der Waals surface area contributed by atoms with Gasteiger partial charge in [-0.2, -0.15) is 0 Å². The van der Waals surface area contributed by atoms with Crippen molar-refractivity contribution in [2.45, 2.75) is 36.2 Å². The molecule has 1 aromatic heterocycles. The van der Waals surface area contributed by atoms with Gasteiger partial charge in [-0.05, 0) is 63.7 Å². The Hall–Kier alpha value is -2.35. The van der Waals surface area contributed by atoms with E-state index in [1.807, 2.05) is 78.2 Å². The number of carbonyl (C=O) groups excluding carboxylic acids is 1. The molecule has 2 atom stereocenters. The zero-order valence-electron chi connectivity index (χ0n) is 18.6. The summed E-state index contributed by atoms with van der Waals surface area (Å²) in [4.78, 5) is 17.6. The molecule has 8 heteroatoms. The average molecular weight is 470 g/mol. The summed E-state index contributed by atoms with van der Waals surface area (Å²) in [7, 11) is 4.03. The molecule has 0 N–H and O–H groups in total. The van der Waals surface area contributed by atoms with Gasteiger partial charge in [0.05, 0.1) is 6.04 Å². The fourth-order valence-electron chi connectivity index (χ4n) is 3.79. The van der Waals surface area contributed by atoms with Crippen LogP contribution < -0.4 is 0 Å². The zero-order valence-corrected chi connectivity index (χ0v) is 20.2. The van der Waals surface area contributed by atoms with E-state index in [9.17, 15) is 4.79 Å². The molecule has 1 aliphatic rings. The van der Waals surface area contributed by atoms with E-state index in [1.165, 1.54) is 11.8 Å². The molecule has 3 aromatic rings. The van der Waals surface area contributed by atoms with Crippen molar-refractivity contribution in [3.63, 3.8) is 0 Å². The predicted molar refractivity (Wildman–Crippen MR) is 129 cm³/mol. The van der Waals surface area contributed by atoms with Crippen LogP contribution in [0.5, 0.6) is 0 Å². The maximum atomic E-state index is 13.5. The normalized spacial score (nSPS) is 15.8. The molecule has 0 radical (unpaired) electrons. The van der Waals surface area contributed by atoms with Gasteiger partial charge in [-0.1, -0.05) is 53.7 Å². The molecule has 0 aliphatic carbocycles. The molecular formula is C24H28ClN5OS. The summed E-state index contributed by atoms with van der Waals surface area (Å²) in [6.07, 6.45) is 2.12. The summed E-state index contributed by atoms with van der Waals surface area (Å²) in [6, 6.07) is 17.6. The van der Waals surface area contributed by atoms with Gasteiger partial charge in [0.1, 0.15) is 5.25 Å². The molecule has 4 rings (SSSR count). The molecule has 1 aliphatic heterocycles. The van der Waals surface area contributed by atoms with E-state index in [1.54, 1.807) is 0 Å². The Balaban J connectivity index is 1.76. The molecule has 1 fully saturated rings. The minimum absolute atomic E-state index is 0.0389. The molecule has 0 saturated carbocycles. The van der Waals surface area contributed by atoms with Crippen molar-refractivity contribution in [3.05, 3.63) is 71.0 Å². The minimum atomic E-state index is -0.382. The predicted octanol–water partition coefficient (Wildman–Crippen LogP) is 5.00. The van der Waals surface area contributed by atoms with Gasteiger partial charge in [0.15, 0.2) is 11.0 Å². The van der Waals surface area contributed by atoms with Crippen molar-refractivity contribution in [1.29, 1.82) is 0 Å². The van der Waals surface area contributed by atoms with E-state index in [-0.39, 0.29) is 17.2 Å². The number of halogens is 1. The Morgan fingerprint density at radius 1 is 1.03 bits per heavy atom. The van der Waals surface area contributed by atoms with Crippen molar-refractivity contribution < 1.29 is 4.79 Å². The molecule has 2 heterocycles. The molecule has 0 bridgehead atoms. The SMILES string of the molecule is CC(c1nnc(SC(C(=O)N2CCCC2)c2ccccc2)n1-c1ccc(Cl)cc1)N(C)C. The van der Waals surface area contributed by atoms with Crippen LogP contribution >= 0.6 is 23.4 Å². The van der Waals surface area contributed by atoms with Crippen LogP contribution in [0.2, 0.25) is 5.02 Å². The third-order valence-electron chi connectivity index (χ3n) is 5.86. The molecule has 6 nitrogen and oxygen atoms in total. The van der Waals surface area contributed by atoms with Crippen LogP contribution in [0.25, 0.3) is 5.69 Å². The maximum absolute atomic E-state index is 13.5. The Morgan fingerprint density at radius 3 is 2.31 bits per heavy atom. The van der Waals surface area contributed by atoms with E-state index in [2.05, 4.69) is 22.0 Å². The number of aromatic nitrogens is 3. The number of rotatable bonds is 7. The van der Waals surface area contributed by atoms with Crippen LogP contribution in [0.4, 0.5) is 0 Å². The van der Waals surface area contributed by atoms with Crippen molar-refractivity contribution in [3.8, 4) is 5.69 Å². The molecule has 1 saturated heterocycles. The van der Waals surface area contributed by atoms with Crippen molar-refractivity contribution in [1.82, 2.24) is 24.6 Å². The van der Waals surface area contributed by atoms with E-state index in [4.69, 9.17) is 11.6 Å². The Bertz CT molecular complexity index is 1050. The lowest BCUT2D eigenvalue weighted by Gasteiger charge is -2.24. The van der Waals surface area contributed by atoms with Crippen LogP contribution in [-0.2, 0) is 4.79 Å². The second-order valence-electron chi connectivity index (χ2n) is 8.23. The molecule has 0 spiro atoms. The summed E-state index contributed by atoms with van der Waals surface area (Å²) in [5.41, 5.74) is 1.90. The highest BCUT2D eigenvalue weighted by atomic mass is 35.5. The lowest BCUT2D eigenvalue weighted by Crippen LogP contribution is -2.31. The molecule has 168 valence electrons. The van der Waals surface area contributed by atoms with E-state index in [0.717, 1.165) is 43.0 Å². The summed E-state index contributed by atoms with van der Waals surface area (Å²) in [6.45, 7) is 3.72. The average Bonchev–Trinajstić information content (AvgIpc) is 3.48. The Morgan fingerprint density at radius 2 is 1.69 bits per heavy atom. The first-order chi connectivity index (χ1) is 15.5. The lowest BCUT2D eigenvalue weighted by molar-refractivity contribution is -0.129. The molecular weight excluding hydrogens is 442 g/mol. The second kappa shape index (κ2) is 10.1. The fourth-order valence-corrected chi connectivity index (χ4v) is 5.06. The smallest absolute Gasteiger partial charge is 0.240 e. The highest BCUT2D eigenvalue weighted by Crippen LogP contribution is 2.38.